The molecule has 5 nitrogen and oxygen atoms in total. The molecule has 0 radical (unpaired) electrons. The summed E-state index contributed by atoms with van der Waals surface area (Å²) >= 11 is 2.84. The van der Waals surface area contributed by atoms with Crippen molar-refractivity contribution < 1.29 is 23.5 Å². The van der Waals surface area contributed by atoms with Gasteiger partial charge in [-0.3, -0.25) is 4.79 Å². The highest BCUT2D eigenvalue weighted by Gasteiger charge is 2.16. The van der Waals surface area contributed by atoms with Crippen molar-refractivity contribution in [3.8, 4) is 0 Å². The molecule has 0 saturated carbocycles. The Labute approximate surface area is 109 Å². The van der Waals surface area contributed by atoms with Crippen molar-refractivity contribution in [3.63, 3.8) is 0 Å². The number of halogens is 3. The fraction of sp³-hybridized carbons (Fsp3) is 0.200. The molecule has 0 aliphatic carbocycles. The summed E-state index contributed by atoms with van der Waals surface area (Å²) < 4.78 is 26.2. The first kappa shape index (κ1) is 14.4. The van der Waals surface area contributed by atoms with Gasteiger partial charge < -0.3 is 15.7 Å². The summed E-state index contributed by atoms with van der Waals surface area (Å²) in [5, 5.41) is 12.7. The summed E-state index contributed by atoms with van der Waals surface area (Å²) in [7, 11) is 0. The first-order valence-electron chi connectivity index (χ1n) is 4.76. The van der Waals surface area contributed by atoms with E-state index in [-0.39, 0.29) is 10.2 Å². The molecular formula is C10H9BrF2N2O3. The minimum Gasteiger partial charge on any atom is -0.480 e. The van der Waals surface area contributed by atoms with E-state index in [9.17, 15) is 18.4 Å². The molecule has 1 aromatic carbocycles. The van der Waals surface area contributed by atoms with Gasteiger partial charge in [-0.05, 0) is 28.9 Å². The second-order valence-corrected chi connectivity index (χ2v) is 4.26. The number of carboxylic acids is 1. The highest BCUT2D eigenvalue weighted by Crippen LogP contribution is 2.23. The largest absolute Gasteiger partial charge is 0.480 e. The fourth-order valence-electron chi connectivity index (χ4n) is 1.04. The topological polar surface area (TPSA) is 78.4 Å². The van der Waals surface area contributed by atoms with E-state index in [1.165, 1.54) is 6.92 Å². The molecule has 0 bridgehead atoms. The number of hydrogen-bond acceptors (Lipinski definition) is 2. The van der Waals surface area contributed by atoms with Gasteiger partial charge in [0.1, 0.15) is 17.7 Å². The van der Waals surface area contributed by atoms with Crippen LogP contribution >= 0.6 is 15.9 Å². The van der Waals surface area contributed by atoms with Crippen molar-refractivity contribution in [2.45, 2.75) is 13.0 Å². The Morgan fingerprint density at radius 2 is 1.94 bits per heavy atom. The molecule has 2 amide bonds. The van der Waals surface area contributed by atoms with Gasteiger partial charge in [-0.1, -0.05) is 0 Å². The van der Waals surface area contributed by atoms with E-state index in [4.69, 9.17) is 5.11 Å². The van der Waals surface area contributed by atoms with Crippen LogP contribution in [0.3, 0.4) is 0 Å². The molecule has 0 saturated heterocycles. The molecule has 1 atom stereocenters. The molecule has 98 valence electrons. The van der Waals surface area contributed by atoms with Gasteiger partial charge in [0.15, 0.2) is 0 Å². The van der Waals surface area contributed by atoms with Crippen molar-refractivity contribution >= 4 is 33.6 Å². The minimum atomic E-state index is -1.23. The van der Waals surface area contributed by atoms with Crippen LogP contribution in [0, 0.1) is 11.6 Å². The average Bonchev–Trinajstić information content (AvgIpc) is 2.25. The van der Waals surface area contributed by atoms with Gasteiger partial charge in [-0.2, -0.15) is 0 Å². The van der Waals surface area contributed by atoms with Crippen molar-refractivity contribution in [1.82, 2.24) is 5.32 Å². The summed E-state index contributed by atoms with van der Waals surface area (Å²) in [5.41, 5.74) is -0.265. The Hall–Kier alpha value is -1.70. The third kappa shape index (κ3) is 3.66. The molecule has 3 N–H and O–H groups in total. The number of amides is 2. The van der Waals surface area contributed by atoms with Crippen molar-refractivity contribution in [1.29, 1.82) is 0 Å². The molecule has 0 aromatic heterocycles. The zero-order valence-corrected chi connectivity index (χ0v) is 10.7. The lowest BCUT2D eigenvalue weighted by molar-refractivity contribution is -0.138. The van der Waals surface area contributed by atoms with E-state index in [1.54, 1.807) is 0 Å². The molecule has 0 heterocycles. The Kier molecular flexibility index (Phi) is 4.60. The van der Waals surface area contributed by atoms with Crippen LogP contribution < -0.4 is 10.6 Å². The standard InChI is InChI=1S/C10H9BrF2N2O3/c1-4(9(16)17)14-10(18)15-8-2-5(11)6(12)3-7(8)13/h2-4H,1H3,(H,16,17)(H2,14,15,18). The van der Waals surface area contributed by atoms with E-state index in [2.05, 4.69) is 26.6 Å². The van der Waals surface area contributed by atoms with Crippen LogP contribution in [0.5, 0.6) is 0 Å². The number of carboxylic acid groups (broad SMARTS) is 1. The number of carbonyl (C=O) groups is 2. The SMILES string of the molecule is CC(NC(=O)Nc1cc(Br)c(F)cc1F)C(=O)O. The second-order valence-electron chi connectivity index (χ2n) is 3.40. The number of benzene rings is 1. The number of urea groups is 1. The number of rotatable bonds is 3. The lowest BCUT2D eigenvalue weighted by Crippen LogP contribution is -2.41. The van der Waals surface area contributed by atoms with Gasteiger partial charge in [0.05, 0.1) is 10.2 Å². The first-order chi connectivity index (χ1) is 8.31. The monoisotopic (exact) mass is 322 g/mol. The molecule has 1 aromatic rings. The summed E-state index contributed by atoms with van der Waals surface area (Å²) in [4.78, 5) is 21.8. The number of nitrogens with one attached hydrogen (secondary N) is 2. The maximum absolute atomic E-state index is 13.3. The summed E-state index contributed by atoms with van der Waals surface area (Å²) in [5.74, 6) is -3.00. The Balaban J connectivity index is 2.76. The third-order valence-corrected chi connectivity index (χ3v) is 2.58. The molecule has 0 aliphatic heterocycles. The smallest absolute Gasteiger partial charge is 0.325 e. The molecule has 18 heavy (non-hydrogen) atoms. The van der Waals surface area contributed by atoms with Gasteiger partial charge in [0.25, 0.3) is 0 Å². The Morgan fingerprint density at radius 3 is 2.50 bits per heavy atom. The lowest BCUT2D eigenvalue weighted by atomic mass is 10.3. The summed E-state index contributed by atoms with van der Waals surface area (Å²) in [6.07, 6.45) is 0. The Morgan fingerprint density at radius 1 is 1.33 bits per heavy atom. The molecule has 0 spiro atoms. The molecule has 1 unspecified atom stereocenters. The molecule has 0 aliphatic rings. The molecule has 1 rings (SSSR count). The van der Waals surface area contributed by atoms with E-state index in [1.807, 2.05) is 0 Å². The van der Waals surface area contributed by atoms with Crippen LogP contribution in [0.4, 0.5) is 19.3 Å². The normalized spacial score (nSPS) is 11.8. The Bertz CT molecular complexity index is 496. The zero-order valence-electron chi connectivity index (χ0n) is 9.13. The average molecular weight is 323 g/mol. The van der Waals surface area contributed by atoms with Gasteiger partial charge >= 0.3 is 12.0 Å². The number of aliphatic carboxylic acids is 1. The maximum Gasteiger partial charge on any atom is 0.325 e. The van der Waals surface area contributed by atoms with Crippen LogP contribution in [0.25, 0.3) is 0 Å². The van der Waals surface area contributed by atoms with Crippen LogP contribution in [0.1, 0.15) is 6.92 Å². The fourth-order valence-corrected chi connectivity index (χ4v) is 1.38. The van der Waals surface area contributed by atoms with E-state index >= 15 is 0 Å². The van der Waals surface area contributed by atoms with Gasteiger partial charge in [-0.15, -0.1) is 0 Å². The summed E-state index contributed by atoms with van der Waals surface area (Å²) in [6.45, 7) is 1.25. The van der Waals surface area contributed by atoms with Crippen molar-refractivity contribution in [2.24, 2.45) is 0 Å². The van der Waals surface area contributed by atoms with Crippen molar-refractivity contribution in [3.05, 3.63) is 28.2 Å². The van der Waals surface area contributed by atoms with Gasteiger partial charge in [-0.25, -0.2) is 13.6 Å². The highest BCUT2D eigenvalue weighted by atomic mass is 79.9. The lowest BCUT2D eigenvalue weighted by Gasteiger charge is -2.11. The van der Waals surface area contributed by atoms with Crippen LogP contribution in [-0.4, -0.2) is 23.1 Å². The second kappa shape index (κ2) is 5.76. The molecular weight excluding hydrogens is 314 g/mol. The number of carbonyl (C=O) groups excluding carboxylic acids is 1. The van der Waals surface area contributed by atoms with Gasteiger partial charge in [0, 0.05) is 6.07 Å². The predicted octanol–water partition coefficient (Wildman–Crippen LogP) is 2.32. The van der Waals surface area contributed by atoms with E-state index < -0.39 is 29.7 Å². The van der Waals surface area contributed by atoms with Gasteiger partial charge in [0.2, 0.25) is 0 Å². The van der Waals surface area contributed by atoms with Crippen LogP contribution in [0.15, 0.2) is 16.6 Å². The minimum absolute atomic E-state index is 0.0227. The summed E-state index contributed by atoms with van der Waals surface area (Å²) in [6, 6.07) is -0.394. The maximum atomic E-state index is 13.3. The van der Waals surface area contributed by atoms with E-state index in [0.717, 1.165) is 6.07 Å². The molecule has 0 fully saturated rings. The van der Waals surface area contributed by atoms with E-state index in [0.29, 0.717) is 6.07 Å². The highest BCUT2D eigenvalue weighted by molar-refractivity contribution is 9.10. The first-order valence-corrected chi connectivity index (χ1v) is 5.55. The quantitative estimate of drug-likeness (QED) is 0.747. The number of anilines is 1. The predicted molar refractivity (Wildman–Crippen MR) is 63.3 cm³/mol. The van der Waals surface area contributed by atoms with Crippen molar-refractivity contribution in [2.75, 3.05) is 5.32 Å². The van der Waals surface area contributed by atoms with Crippen LogP contribution in [0.2, 0.25) is 0 Å². The van der Waals surface area contributed by atoms with Crippen LogP contribution in [-0.2, 0) is 4.79 Å². The third-order valence-electron chi connectivity index (χ3n) is 1.98. The molecule has 8 heteroatoms. The zero-order chi connectivity index (χ0) is 13.9. The number of hydrogen-bond donors (Lipinski definition) is 3.